The van der Waals surface area contributed by atoms with E-state index in [1.165, 1.54) is 4.88 Å². The Bertz CT molecular complexity index is 797. The summed E-state index contributed by atoms with van der Waals surface area (Å²) in [5.41, 5.74) is 1.86. The van der Waals surface area contributed by atoms with E-state index in [4.69, 9.17) is 0 Å². The largest absolute Gasteiger partial charge is 0.347 e. The molecule has 1 N–H and O–H groups in total. The summed E-state index contributed by atoms with van der Waals surface area (Å²) in [6, 6.07) is 12.1. The van der Waals surface area contributed by atoms with Crippen LogP contribution in [-0.4, -0.2) is 30.0 Å². The highest BCUT2D eigenvalue weighted by Crippen LogP contribution is 2.25. The molecule has 2 aromatic heterocycles. The van der Waals surface area contributed by atoms with E-state index in [2.05, 4.69) is 26.6 Å². The molecule has 1 saturated heterocycles. The van der Waals surface area contributed by atoms with Gasteiger partial charge in [-0.1, -0.05) is 18.2 Å². The normalized spacial score (nSPS) is 17.2. The maximum atomic E-state index is 12.5. The number of thiophene rings is 1. The Kier molecular flexibility index (Phi) is 4.32. The van der Waals surface area contributed by atoms with Gasteiger partial charge in [0.2, 0.25) is 0 Å². The van der Waals surface area contributed by atoms with Crippen molar-refractivity contribution in [3.8, 4) is 10.4 Å². The molecule has 0 spiro atoms. The minimum atomic E-state index is -0.00119. The van der Waals surface area contributed by atoms with E-state index in [0.717, 1.165) is 30.2 Å². The van der Waals surface area contributed by atoms with Gasteiger partial charge >= 0.3 is 0 Å². The predicted octanol–water partition coefficient (Wildman–Crippen LogP) is 3.88. The molecular weight excluding hydrogens is 338 g/mol. The molecule has 0 radical (unpaired) electrons. The number of hydrogen-bond acceptors (Lipinski definition) is 5. The number of carbonyl (C=O) groups is 1. The number of anilines is 1. The zero-order valence-corrected chi connectivity index (χ0v) is 14.6. The summed E-state index contributed by atoms with van der Waals surface area (Å²) in [6.45, 7) is 1.77. The van der Waals surface area contributed by atoms with Crippen molar-refractivity contribution in [2.24, 2.45) is 0 Å². The number of amides is 1. The van der Waals surface area contributed by atoms with E-state index in [-0.39, 0.29) is 11.9 Å². The van der Waals surface area contributed by atoms with Gasteiger partial charge in [-0.25, -0.2) is 4.98 Å². The summed E-state index contributed by atoms with van der Waals surface area (Å²) in [5.74, 6) is -0.00119. The van der Waals surface area contributed by atoms with Gasteiger partial charge in [-0.3, -0.25) is 4.79 Å². The SMILES string of the molecule is O=C(N[C@@H]1CCN(c2nccs2)C1)c1ccc(-c2cccs2)cc1. The van der Waals surface area contributed by atoms with Crippen LogP contribution in [0.2, 0.25) is 0 Å². The lowest BCUT2D eigenvalue weighted by Gasteiger charge is -2.15. The summed E-state index contributed by atoms with van der Waals surface area (Å²) < 4.78 is 0. The van der Waals surface area contributed by atoms with Crippen molar-refractivity contribution in [1.29, 1.82) is 0 Å². The van der Waals surface area contributed by atoms with Crippen LogP contribution >= 0.6 is 22.7 Å². The van der Waals surface area contributed by atoms with Gasteiger partial charge in [-0.15, -0.1) is 22.7 Å². The van der Waals surface area contributed by atoms with Gasteiger partial charge in [0, 0.05) is 41.1 Å². The minimum absolute atomic E-state index is 0.00119. The molecule has 1 aliphatic heterocycles. The summed E-state index contributed by atoms with van der Waals surface area (Å²) in [6.07, 6.45) is 2.78. The molecule has 3 aromatic rings. The number of hydrogen-bond donors (Lipinski definition) is 1. The Hall–Kier alpha value is -2.18. The molecule has 6 heteroatoms. The van der Waals surface area contributed by atoms with Crippen molar-refractivity contribution < 1.29 is 4.79 Å². The average molecular weight is 355 g/mol. The van der Waals surface area contributed by atoms with Crippen LogP contribution in [-0.2, 0) is 0 Å². The fourth-order valence-electron chi connectivity index (χ4n) is 2.92. The monoisotopic (exact) mass is 355 g/mol. The summed E-state index contributed by atoms with van der Waals surface area (Å²) >= 11 is 3.35. The lowest BCUT2D eigenvalue weighted by molar-refractivity contribution is 0.0940. The molecule has 0 unspecified atom stereocenters. The molecule has 24 heavy (non-hydrogen) atoms. The lowest BCUT2D eigenvalue weighted by atomic mass is 10.1. The fourth-order valence-corrected chi connectivity index (χ4v) is 4.33. The standard InChI is InChI=1S/C18H17N3OS2/c22-17(14-5-3-13(4-6-14)16-2-1-10-23-16)20-15-7-9-21(12-15)18-19-8-11-24-18/h1-6,8,10-11,15H,7,9,12H2,(H,20,22)/t15-/m1/s1. The van der Waals surface area contributed by atoms with Gasteiger partial charge in [0.05, 0.1) is 0 Å². The van der Waals surface area contributed by atoms with Crippen LogP contribution in [0.15, 0.2) is 53.4 Å². The van der Waals surface area contributed by atoms with Crippen molar-refractivity contribution in [3.05, 3.63) is 58.9 Å². The second-order valence-electron chi connectivity index (χ2n) is 5.77. The predicted molar refractivity (Wildman–Crippen MR) is 100.0 cm³/mol. The third-order valence-electron chi connectivity index (χ3n) is 4.17. The van der Waals surface area contributed by atoms with Gasteiger partial charge in [0.1, 0.15) is 0 Å². The van der Waals surface area contributed by atoms with Crippen LogP contribution in [0.4, 0.5) is 5.13 Å². The smallest absolute Gasteiger partial charge is 0.251 e. The summed E-state index contributed by atoms with van der Waals surface area (Å²) in [5, 5.41) is 8.22. The topological polar surface area (TPSA) is 45.2 Å². The van der Waals surface area contributed by atoms with Gasteiger partial charge in [0.25, 0.3) is 5.91 Å². The first kappa shape index (κ1) is 15.4. The fraction of sp³-hybridized carbons (Fsp3) is 0.222. The van der Waals surface area contributed by atoms with Gasteiger partial charge < -0.3 is 10.2 Å². The Morgan fingerprint density at radius 2 is 2.04 bits per heavy atom. The Balaban J connectivity index is 1.38. The van der Waals surface area contributed by atoms with E-state index < -0.39 is 0 Å². The second-order valence-corrected chi connectivity index (χ2v) is 7.60. The molecule has 3 heterocycles. The first-order valence-corrected chi connectivity index (χ1v) is 9.65. The second kappa shape index (κ2) is 6.75. The number of nitrogens with one attached hydrogen (secondary N) is 1. The molecule has 0 bridgehead atoms. The maximum Gasteiger partial charge on any atom is 0.251 e. The number of carbonyl (C=O) groups excluding carboxylic acids is 1. The van der Waals surface area contributed by atoms with Gasteiger partial charge in [-0.2, -0.15) is 0 Å². The van der Waals surface area contributed by atoms with Crippen molar-refractivity contribution >= 4 is 33.7 Å². The third kappa shape index (κ3) is 3.20. The maximum absolute atomic E-state index is 12.5. The molecule has 0 aliphatic carbocycles. The number of benzene rings is 1. The molecule has 122 valence electrons. The number of rotatable bonds is 4. The van der Waals surface area contributed by atoms with E-state index in [9.17, 15) is 4.79 Å². The molecule has 1 aromatic carbocycles. The molecule has 4 nitrogen and oxygen atoms in total. The third-order valence-corrected chi connectivity index (χ3v) is 5.92. The zero-order valence-electron chi connectivity index (χ0n) is 13.0. The zero-order chi connectivity index (χ0) is 16.4. The molecular formula is C18H17N3OS2. The first-order chi connectivity index (χ1) is 11.8. The van der Waals surface area contributed by atoms with Crippen LogP contribution in [0.25, 0.3) is 10.4 Å². The summed E-state index contributed by atoms with van der Waals surface area (Å²) in [7, 11) is 0. The van der Waals surface area contributed by atoms with E-state index in [1.807, 2.05) is 41.9 Å². The first-order valence-electron chi connectivity index (χ1n) is 7.89. The Labute approximate surface area is 148 Å². The van der Waals surface area contributed by atoms with Crippen LogP contribution in [0.1, 0.15) is 16.8 Å². The van der Waals surface area contributed by atoms with Crippen molar-refractivity contribution in [1.82, 2.24) is 10.3 Å². The highest BCUT2D eigenvalue weighted by atomic mass is 32.1. The highest BCUT2D eigenvalue weighted by Gasteiger charge is 2.25. The van der Waals surface area contributed by atoms with Crippen molar-refractivity contribution in [2.45, 2.75) is 12.5 Å². The van der Waals surface area contributed by atoms with Crippen LogP contribution < -0.4 is 10.2 Å². The number of aromatic nitrogens is 1. The molecule has 1 aliphatic rings. The Morgan fingerprint density at radius 3 is 2.75 bits per heavy atom. The van der Waals surface area contributed by atoms with Gasteiger partial charge in [0.15, 0.2) is 5.13 Å². The number of nitrogens with zero attached hydrogens (tertiary/aromatic N) is 2. The highest BCUT2D eigenvalue weighted by molar-refractivity contribution is 7.13. The van der Waals surface area contributed by atoms with E-state index in [0.29, 0.717) is 5.56 Å². The quantitative estimate of drug-likeness (QED) is 0.772. The molecule has 1 fully saturated rings. The van der Waals surface area contributed by atoms with E-state index in [1.54, 1.807) is 22.7 Å². The van der Waals surface area contributed by atoms with Crippen molar-refractivity contribution in [3.63, 3.8) is 0 Å². The average Bonchev–Trinajstić information content (AvgIpc) is 3.36. The van der Waals surface area contributed by atoms with Crippen LogP contribution in [0.5, 0.6) is 0 Å². The summed E-state index contributed by atoms with van der Waals surface area (Å²) in [4.78, 5) is 20.2. The Morgan fingerprint density at radius 1 is 1.17 bits per heavy atom. The lowest BCUT2D eigenvalue weighted by Crippen LogP contribution is -2.37. The molecule has 0 saturated carbocycles. The molecule has 4 rings (SSSR count). The molecule has 1 amide bonds. The van der Waals surface area contributed by atoms with Crippen molar-refractivity contribution in [2.75, 3.05) is 18.0 Å². The van der Waals surface area contributed by atoms with Crippen LogP contribution in [0, 0.1) is 0 Å². The van der Waals surface area contributed by atoms with E-state index >= 15 is 0 Å². The number of thiazole rings is 1. The minimum Gasteiger partial charge on any atom is -0.347 e. The molecule has 1 atom stereocenters. The van der Waals surface area contributed by atoms with Gasteiger partial charge in [-0.05, 0) is 35.6 Å². The van der Waals surface area contributed by atoms with Crippen LogP contribution in [0.3, 0.4) is 0 Å².